The summed E-state index contributed by atoms with van der Waals surface area (Å²) in [5.74, 6) is 0.856. The number of hydrogen-bond acceptors (Lipinski definition) is 5. The molecule has 0 fully saturated rings. The fourth-order valence-electron chi connectivity index (χ4n) is 0.968. The summed E-state index contributed by atoms with van der Waals surface area (Å²) in [6, 6.07) is 0. The Morgan fingerprint density at radius 2 is 1.41 bits per heavy atom. The molecule has 0 aliphatic rings. The summed E-state index contributed by atoms with van der Waals surface area (Å²) < 4.78 is 0. The summed E-state index contributed by atoms with van der Waals surface area (Å²) in [6.07, 6.45) is 0. The summed E-state index contributed by atoms with van der Waals surface area (Å²) in [7, 11) is 0. The molecule has 5 nitrogen and oxygen atoms in total. The van der Waals surface area contributed by atoms with Crippen molar-refractivity contribution in [2.45, 2.75) is 13.8 Å². The Balaban J connectivity index is 2.71. The van der Waals surface area contributed by atoms with Gasteiger partial charge in [0.05, 0.1) is 0 Å². The first kappa shape index (κ1) is 13.4. The third-order valence-corrected chi connectivity index (χ3v) is 1.87. The van der Waals surface area contributed by atoms with Crippen molar-refractivity contribution in [3.8, 4) is 0 Å². The number of anilines is 2. The third kappa shape index (κ3) is 5.31. The van der Waals surface area contributed by atoms with Crippen molar-refractivity contribution >= 4 is 23.5 Å². The van der Waals surface area contributed by atoms with E-state index in [0.29, 0.717) is 25.0 Å². The van der Waals surface area contributed by atoms with Gasteiger partial charge in [0.1, 0.15) is 0 Å². The van der Waals surface area contributed by atoms with Gasteiger partial charge < -0.3 is 10.6 Å². The number of aromatic nitrogens is 3. The second-order valence-corrected chi connectivity index (χ2v) is 4.21. The first-order valence-electron chi connectivity index (χ1n) is 5.15. The molecule has 1 rings (SSSR count). The van der Waals surface area contributed by atoms with Crippen LogP contribution in [-0.2, 0) is 0 Å². The van der Waals surface area contributed by atoms with E-state index in [1.54, 1.807) is 0 Å². The molecule has 0 spiro atoms. The van der Waals surface area contributed by atoms with Crippen LogP contribution >= 0.6 is 11.6 Å². The molecule has 0 saturated carbocycles. The van der Waals surface area contributed by atoms with Crippen LogP contribution in [0.15, 0.2) is 24.3 Å². The highest BCUT2D eigenvalue weighted by Gasteiger charge is 2.04. The maximum atomic E-state index is 5.79. The van der Waals surface area contributed by atoms with Crippen molar-refractivity contribution in [1.29, 1.82) is 0 Å². The Morgan fingerprint density at radius 1 is 1.00 bits per heavy atom. The first-order valence-corrected chi connectivity index (χ1v) is 5.53. The van der Waals surface area contributed by atoms with Crippen molar-refractivity contribution in [2.24, 2.45) is 0 Å². The molecule has 0 saturated heterocycles. The van der Waals surface area contributed by atoms with E-state index >= 15 is 0 Å². The van der Waals surface area contributed by atoms with Crippen molar-refractivity contribution in [3.63, 3.8) is 0 Å². The molecule has 0 atom stereocenters. The summed E-state index contributed by atoms with van der Waals surface area (Å²) >= 11 is 5.79. The lowest BCUT2D eigenvalue weighted by molar-refractivity contribution is 1.01. The van der Waals surface area contributed by atoms with Gasteiger partial charge in [-0.2, -0.15) is 15.0 Å². The van der Waals surface area contributed by atoms with E-state index in [1.807, 2.05) is 13.8 Å². The van der Waals surface area contributed by atoms with Crippen LogP contribution in [-0.4, -0.2) is 28.0 Å². The minimum Gasteiger partial charge on any atom is -0.350 e. The lowest BCUT2D eigenvalue weighted by Gasteiger charge is -2.08. The van der Waals surface area contributed by atoms with Crippen LogP contribution in [0.25, 0.3) is 0 Å². The SMILES string of the molecule is C=C(C)CNc1nc(Cl)nc(NCC(=C)C)n1. The van der Waals surface area contributed by atoms with Crippen LogP contribution in [0.3, 0.4) is 0 Å². The van der Waals surface area contributed by atoms with Crippen LogP contribution in [0.2, 0.25) is 5.28 Å². The summed E-state index contributed by atoms with van der Waals surface area (Å²) in [5.41, 5.74) is 1.97. The van der Waals surface area contributed by atoms with Crippen molar-refractivity contribution in [2.75, 3.05) is 23.7 Å². The Kier molecular flexibility index (Phi) is 4.90. The predicted octanol–water partition coefficient (Wildman–Crippen LogP) is 2.50. The quantitative estimate of drug-likeness (QED) is 0.763. The van der Waals surface area contributed by atoms with E-state index in [1.165, 1.54) is 0 Å². The number of halogens is 1. The normalized spacial score (nSPS) is 9.82. The van der Waals surface area contributed by atoms with Crippen LogP contribution in [0.5, 0.6) is 0 Å². The molecule has 1 aromatic heterocycles. The van der Waals surface area contributed by atoms with Crippen LogP contribution in [0.4, 0.5) is 11.9 Å². The molecule has 2 N–H and O–H groups in total. The largest absolute Gasteiger partial charge is 0.350 e. The fourth-order valence-corrected chi connectivity index (χ4v) is 1.13. The second kappa shape index (κ2) is 6.20. The molecule has 0 unspecified atom stereocenters. The van der Waals surface area contributed by atoms with Crippen LogP contribution in [0.1, 0.15) is 13.8 Å². The molecule has 17 heavy (non-hydrogen) atoms. The van der Waals surface area contributed by atoms with Gasteiger partial charge in [-0.25, -0.2) is 0 Å². The lowest BCUT2D eigenvalue weighted by Crippen LogP contribution is -2.11. The van der Waals surface area contributed by atoms with Gasteiger partial charge in [0.2, 0.25) is 17.2 Å². The fraction of sp³-hybridized carbons (Fsp3) is 0.364. The van der Waals surface area contributed by atoms with Gasteiger partial charge in [0.15, 0.2) is 0 Å². The molecule has 1 aromatic rings. The van der Waals surface area contributed by atoms with Gasteiger partial charge in [0, 0.05) is 13.1 Å². The molecule has 1 heterocycles. The van der Waals surface area contributed by atoms with E-state index in [4.69, 9.17) is 11.6 Å². The minimum atomic E-state index is 0.147. The van der Waals surface area contributed by atoms with Crippen LogP contribution < -0.4 is 10.6 Å². The summed E-state index contributed by atoms with van der Waals surface area (Å²) in [5, 5.41) is 6.16. The van der Waals surface area contributed by atoms with E-state index in [9.17, 15) is 0 Å². The maximum absolute atomic E-state index is 5.79. The maximum Gasteiger partial charge on any atom is 0.229 e. The van der Waals surface area contributed by atoms with Crippen molar-refractivity contribution in [1.82, 2.24) is 15.0 Å². The molecular formula is C11H16ClN5. The smallest absolute Gasteiger partial charge is 0.229 e. The summed E-state index contributed by atoms with van der Waals surface area (Å²) in [6.45, 7) is 12.6. The number of hydrogen-bond donors (Lipinski definition) is 2. The lowest BCUT2D eigenvalue weighted by atomic mass is 10.3. The molecule has 0 radical (unpaired) electrons. The Morgan fingerprint density at radius 3 is 1.76 bits per heavy atom. The average Bonchev–Trinajstić information content (AvgIpc) is 2.23. The van der Waals surface area contributed by atoms with Crippen molar-refractivity contribution < 1.29 is 0 Å². The molecule has 0 amide bonds. The van der Waals surface area contributed by atoms with Gasteiger partial charge in [-0.15, -0.1) is 0 Å². The average molecular weight is 254 g/mol. The van der Waals surface area contributed by atoms with Gasteiger partial charge >= 0.3 is 0 Å². The molecule has 0 bridgehead atoms. The highest BCUT2D eigenvalue weighted by atomic mass is 35.5. The third-order valence-electron chi connectivity index (χ3n) is 1.70. The Bertz CT molecular complexity index is 394. The number of rotatable bonds is 6. The Hall–Kier alpha value is -1.62. The van der Waals surface area contributed by atoms with Gasteiger partial charge in [0.25, 0.3) is 0 Å². The highest BCUT2D eigenvalue weighted by Crippen LogP contribution is 2.10. The zero-order valence-corrected chi connectivity index (χ0v) is 10.8. The van der Waals surface area contributed by atoms with Crippen molar-refractivity contribution in [3.05, 3.63) is 29.6 Å². The van der Waals surface area contributed by atoms with E-state index in [0.717, 1.165) is 11.1 Å². The van der Waals surface area contributed by atoms with Gasteiger partial charge in [-0.05, 0) is 25.4 Å². The summed E-state index contributed by atoms with van der Waals surface area (Å²) in [4.78, 5) is 12.1. The molecule has 0 aliphatic heterocycles. The standard InChI is InChI=1S/C11H16ClN5/c1-7(2)5-13-10-15-9(12)16-11(17-10)14-6-8(3)4/h1,3,5-6H2,2,4H3,(H2,13,14,15,16,17). The monoisotopic (exact) mass is 253 g/mol. The molecule has 92 valence electrons. The van der Waals surface area contributed by atoms with E-state index < -0.39 is 0 Å². The second-order valence-electron chi connectivity index (χ2n) is 3.87. The molecule has 0 aliphatic carbocycles. The molecular weight excluding hydrogens is 238 g/mol. The highest BCUT2D eigenvalue weighted by molar-refractivity contribution is 6.28. The van der Waals surface area contributed by atoms with Crippen LogP contribution in [0, 0.1) is 0 Å². The zero-order chi connectivity index (χ0) is 12.8. The molecule has 6 heteroatoms. The van der Waals surface area contributed by atoms with Gasteiger partial charge in [-0.3, -0.25) is 0 Å². The van der Waals surface area contributed by atoms with E-state index in [-0.39, 0.29) is 5.28 Å². The molecule has 0 aromatic carbocycles. The number of nitrogens with one attached hydrogen (secondary N) is 2. The zero-order valence-electron chi connectivity index (χ0n) is 10.0. The Labute approximate surface area is 106 Å². The number of nitrogens with zero attached hydrogens (tertiary/aromatic N) is 3. The van der Waals surface area contributed by atoms with Gasteiger partial charge in [-0.1, -0.05) is 24.3 Å². The van der Waals surface area contributed by atoms with E-state index in [2.05, 4.69) is 38.7 Å². The minimum absolute atomic E-state index is 0.147. The predicted molar refractivity (Wildman–Crippen MR) is 71.4 cm³/mol. The first-order chi connectivity index (χ1) is 7.97. The topological polar surface area (TPSA) is 62.7 Å².